The van der Waals surface area contributed by atoms with E-state index in [1.165, 1.54) is 22.8 Å². The molecule has 0 atom stereocenters. The molecule has 0 radical (unpaired) electrons. The molecule has 5 rings (SSSR count). The fraction of sp³-hybridized carbons (Fsp3) is 0.276. The van der Waals surface area contributed by atoms with Crippen LogP contribution in [0.2, 0.25) is 0 Å². The number of hydrogen-bond donors (Lipinski definition) is 1. The molecule has 1 saturated heterocycles. The molecule has 36 heavy (non-hydrogen) atoms. The first-order valence-corrected chi connectivity index (χ1v) is 12.2. The number of rotatable bonds is 6. The summed E-state index contributed by atoms with van der Waals surface area (Å²) in [5.41, 5.74) is 8.17. The van der Waals surface area contributed by atoms with Gasteiger partial charge in [0.25, 0.3) is 11.8 Å². The van der Waals surface area contributed by atoms with Gasteiger partial charge >= 0.3 is 0 Å². The van der Waals surface area contributed by atoms with Gasteiger partial charge in [-0.1, -0.05) is 60.7 Å². The number of halogens is 3. The Morgan fingerprint density at radius 3 is 2.39 bits per heavy atom. The predicted octanol–water partition coefficient (Wildman–Crippen LogP) is 6.05. The summed E-state index contributed by atoms with van der Waals surface area (Å²) >= 11 is 0. The third-order valence-electron chi connectivity index (χ3n) is 7.10. The Kier molecular flexibility index (Phi) is 6.58. The summed E-state index contributed by atoms with van der Waals surface area (Å²) in [7, 11) is 0. The molecule has 0 unspecified atom stereocenters. The standard InChI is InChI=1S/C29H28F3N3O/c30-26-11-10-20(17-33)16-24(26)21-12-14-34(15-13-21)28(36)25-18-35(27-9-5-4-8-23(25)27)19-29(31,32)22-6-2-1-3-7-22/h1-11,16,18,21H,12-15,17,19,33H2. The van der Waals surface area contributed by atoms with Crippen LogP contribution in [0.15, 0.2) is 79.0 Å². The third kappa shape index (κ3) is 4.63. The number of nitrogens with zero attached hydrogens (tertiary/aromatic N) is 2. The number of amides is 1. The highest BCUT2D eigenvalue weighted by Gasteiger charge is 2.34. The van der Waals surface area contributed by atoms with E-state index in [0.29, 0.717) is 54.5 Å². The highest BCUT2D eigenvalue weighted by atomic mass is 19.3. The Labute approximate surface area is 208 Å². The van der Waals surface area contributed by atoms with Gasteiger partial charge in [0.1, 0.15) is 5.82 Å². The second-order valence-corrected chi connectivity index (χ2v) is 9.38. The van der Waals surface area contributed by atoms with Gasteiger partial charge in [0.15, 0.2) is 0 Å². The lowest BCUT2D eigenvalue weighted by Gasteiger charge is -2.32. The van der Waals surface area contributed by atoms with Crippen molar-refractivity contribution in [3.8, 4) is 0 Å². The number of para-hydroxylation sites is 1. The number of alkyl halides is 2. The predicted molar refractivity (Wildman–Crippen MR) is 134 cm³/mol. The van der Waals surface area contributed by atoms with E-state index >= 15 is 8.78 Å². The van der Waals surface area contributed by atoms with E-state index in [2.05, 4.69) is 0 Å². The fourth-order valence-electron chi connectivity index (χ4n) is 5.13. The molecule has 1 aromatic heterocycles. The van der Waals surface area contributed by atoms with Gasteiger partial charge in [0.2, 0.25) is 0 Å². The van der Waals surface area contributed by atoms with Crippen LogP contribution >= 0.6 is 0 Å². The normalized spacial score (nSPS) is 14.9. The van der Waals surface area contributed by atoms with E-state index in [0.717, 1.165) is 5.56 Å². The van der Waals surface area contributed by atoms with Crippen molar-refractivity contribution in [3.05, 3.63) is 107 Å². The van der Waals surface area contributed by atoms with Crippen LogP contribution in [0.3, 0.4) is 0 Å². The number of hydrogen-bond acceptors (Lipinski definition) is 2. The Balaban J connectivity index is 1.37. The summed E-state index contributed by atoms with van der Waals surface area (Å²) < 4.78 is 46.1. The minimum atomic E-state index is -3.09. The quantitative estimate of drug-likeness (QED) is 0.357. The number of carbonyl (C=O) groups excluding carboxylic acids is 1. The molecule has 3 aromatic carbocycles. The van der Waals surface area contributed by atoms with E-state index in [1.807, 2.05) is 6.07 Å². The summed E-state index contributed by atoms with van der Waals surface area (Å²) in [5, 5.41) is 0.648. The number of carbonyl (C=O) groups is 1. The SMILES string of the molecule is NCc1ccc(F)c(C2CCN(C(=O)c3cn(CC(F)(F)c4ccccc4)c4ccccc34)CC2)c1. The van der Waals surface area contributed by atoms with Crippen molar-refractivity contribution in [3.63, 3.8) is 0 Å². The van der Waals surface area contributed by atoms with Crippen molar-refractivity contribution < 1.29 is 18.0 Å². The zero-order chi connectivity index (χ0) is 25.3. The number of benzene rings is 3. The van der Waals surface area contributed by atoms with Crippen LogP contribution < -0.4 is 5.73 Å². The van der Waals surface area contributed by atoms with Crippen molar-refractivity contribution in [1.29, 1.82) is 0 Å². The van der Waals surface area contributed by atoms with Gasteiger partial charge in [0.05, 0.1) is 12.1 Å². The second-order valence-electron chi connectivity index (χ2n) is 9.38. The smallest absolute Gasteiger partial charge is 0.290 e. The van der Waals surface area contributed by atoms with Crippen LogP contribution in [-0.4, -0.2) is 28.5 Å². The van der Waals surface area contributed by atoms with E-state index < -0.39 is 12.5 Å². The molecule has 1 amide bonds. The maximum absolute atomic E-state index is 15.1. The third-order valence-corrected chi connectivity index (χ3v) is 7.10. The van der Waals surface area contributed by atoms with E-state index in [-0.39, 0.29) is 23.2 Å². The summed E-state index contributed by atoms with van der Waals surface area (Å²) in [5.74, 6) is -3.53. The Morgan fingerprint density at radius 1 is 0.972 bits per heavy atom. The topological polar surface area (TPSA) is 51.3 Å². The molecule has 0 bridgehead atoms. The highest BCUT2D eigenvalue weighted by Crippen LogP contribution is 2.34. The Morgan fingerprint density at radius 2 is 1.67 bits per heavy atom. The van der Waals surface area contributed by atoms with Gasteiger partial charge in [-0.15, -0.1) is 0 Å². The molecule has 2 N–H and O–H groups in total. The van der Waals surface area contributed by atoms with E-state index in [1.54, 1.807) is 59.6 Å². The molecule has 2 heterocycles. The molecular weight excluding hydrogens is 463 g/mol. The highest BCUT2D eigenvalue weighted by molar-refractivity contribution is 6.07. The lowest BCUT2D eigenvalue weighted by molar-refractivity contribution is -0.0211. The summed E-state index contributed by atoms with van der Waals surface area (Å²) in [6.45, 7) is 0.715. The molecule has 4 nitrogen and oxygen atoms in total. The van der Waals surface area contributed by atoms with Gasteiger partial charge in [-0.2, -0.15) is 8.78 Å². The van der Waals surface area contributed by atoms with Crippen molar-refractivity contribution in [2.24, 2.45) is 5.73 Å². The Bertz CT molecular complexity index is 1380. The molecule has 186 valence electrons. The van der Waals surface area contributed by atoms with Crippen molar-refractivity contribution in [1.82, 2.24) is 9.47 Å². The van der Waals surface area contributed by atoms with Crippen molar-refractivity contribution in [2.45, 2.75) is 37.8 Å². The van der Waals surface area contributed by atoms with Gasteiger partial charge in [-0.05, 0) is 42.0 Å². The summed E-state index contributed by atoms with van der Waals surface area (Å²) in [6.07, 6.45) is 2.79. The summed E-state index contributed by atoms with van der Waals surface area (Å²) in [4.78, 5) is 15.2. The maximum Gasteiger partial charge on any atom is 0.290 e. The molecule has 0 aliphatic carbocycles. The van der Waals surface area contributed by atoms with Gasteiger partial charge in [-0.25, -0.2) is 4.39 Å². The molecule has 1 aliphatic rings. The number of fused-ring (bicyclic) bond motifs is 1. The van der Waals surface area contributed by atoms with Crippen LogP contribution in [0, 0.1) is 5.82 Å². The summed E-state index contributed by atoms with van der Waals surface area (Å²) in [6, 6.07) is 19.8. The molecular formula is C29H28F3N3O. The minimum Gasteiger partial charge on any atom is -0.340 e. The van der Waals surface area contributed by atoms with Gasteiger partial charge in [0, 0.05) is 42.3 Å². The minimum absolute atomic E-state index is 0.00598. The number of nitrogens with two attached hydrogens (primary N) is 1. The molecule has 4 aromatic rings. The van der Waals surface area contributed by atoms with Gasteiger partial charge in [-0.3, -0.25) is 4.79 Å². The lowest BCUT2D eigenvalue weighted by atomic mass is 9.88. The van der Waals surface area contributed by atoms with Crippen LogP contribution in [0.25, 0.3) is 10.9 Å². The largest absolute Gasteiger partial charge is 0.340 e. The number of likely N-dealkylation sites (tertiary alicyclic amines) is 1. The Hall–Kier alpha value is -3.58. The number of piperidine rings is 1. The average Bonchev–Trinajstić information content (AvgIpc) is 3.27. The van der Waals surface area contributed by atoms with Crippen LogP contribution in [0.4, 0.5) is 13.2 Å². The molecule has 1 aliphatic heterocycles. The number of aromatic nitrogens is 1. The zero-order valence-electron chi connectivity index (χ0n) is 19.8. The first-order chi connectivity index (χ1) is 17.4. The fourth-order valence-corrected chi connectivity index (χ4v) is 5.13. The second kappa shape index (κ2) is 9.82. The van der Waals surface area contributed by atoms with Crippen molar-refractivity contribution >= 4 is 16.8 Å². The maximum atomic E-state index is 15.1. The van der Waals surface area contributed by atoms with Gasteiger partial charge < -0.3 is 15.2 Å². The lowest BCUT2D eigenvalue weighted by Crippen LogP contribution is -2.38. The first-order valence-electron chi connectivity index (χ1n) is 12.2. The molecule has 0 spiro atoms. The molecule has 0 saturated carbocycles. The first kappa shape index (κ1) is 24.1. The van der Waals surface area contributed by atoms with Crippen molar-refractivity contribution in [2.75, 3.05) is 13.1 Å². The zero-order valence-corrected chi connectivity index (χ0v) is 19.8. The molecule has 1 fully saturated rings. The molecule has 7 heteroatoms. The monoisotopic (exact) mass is 491 g/mol. The van der Waals surface area contributed by atoms with E-state index in [9.17, 15) is 9.18 Å². The van der Waals surface area contributed by atoms with Crippen LogP contribution in [0.1, 0.15) is 45.8 Å². The van der Waals surface area contributed by atoms with Crippen LogP contribution in [-0.2, 0) is 19.0 Å². The average molecular weight is 492 g/mol. The van der Waals surface area contributed by atoms with Crippen LogP contribution in [0.5, 0.6) is 0 Å². The van der Waals surface area contributed by atoms with E-state index in [4.69, 9.17) is 5.73 Å².